The van der Waals surface area contributed by atoms with E-state index >= 15 is 0 Å². The van der Waals surface area contributed by atoms with E-state index in [0.29, 0.717) is 11.6 Å². The fourth-order valence-electron chi connectivity index (χ4n) is 2.12. The van der Waals surface area contributed by atoms with Crippen LogP contribution in [0.3, 0.4) is 0 Å². The number of rotatable bonds is 5. The molecule has 0 saturated carbocycles. The third kappa shape index (κ3) is 3.05. The van der Waals surface area contributed by atoms with Gasteiger partial charge in [0.15, 0.2) is 0 Å². The highest BCUT2D eigenvalue weighted by Crippen LogP contribution is 2.28. The van der Waals surface area contributed by atoms with Gasteiger partial charge >= 0.3 is 0 Å². The summed E-state index contributed by atoms with van der Waals surface area (Å²) in [4.78, 5) is 0.134. The molecule has 7 heteroatoms. The van der Waals surface area contributed by atoms with Crippen LogP contribution in [0, 0.1) is 5.92 Å². The fourth-order valence-corrected chi connectivity index (χ4v) is 3.15. The summed E-state index contributed by atoms with van der Waals surface area (Å²) >= 11 is 0. The smallest absolute Gasteiger partial charge is 0.244 e. The summed E-state index contributed by atoms with van der Waals surface area (Å²) in [5.41, 5.74) is 6.91. The molecule has 1 unspecified atom stereocenters. The molecule has 1 aromatic rings. The molecular weight excluding hydrogens is 278 g/mol. The second-order valence-electron chi connectivity index (χ2n) is 5.12. The lowest BCUT2D eigenvalue weighted by molar-refractivity contribution is 0.187. The standard InChI is InChI=1S/C13H21N3O3S/c1-16(2)20(17,18)12-5-3-4-11(13(12)14)15-8-10-6-7-19-9-10/h3-5,10,15H,6-9,14H2,1-2H3. The molecular formula is C13H21N3O3S. The van der Waals surface area contributed by atoms with Crippen LogP contribution < -0.4 is 11.1 Å². The van der Waals surface area contributed by atoms with Crippen LogP contribution >= 0.6 is 0 Å². The average molecular weight is 299 g/mol. The van der Waals surface area contributed by atoms with Crippen molar-refractivity contribution in [2.24, 2.45) is 5.92 Å². The molecule has 1 aliphatic heterocycles. The Morgan fingerprint density at radius 3 is 2.80 bits per heavy atom. The SMILES string of the molecule is CN(C)S(=O)(=O)c1cccc(NCC2CCOC2)c1N. The molecule has 1 atom stereocenters. The predicted octanol–water partition coefficient (Wildman–Crippen LogP) is 0.968. The molecule has 0 amide bonds. The third-order valence-electron chi connectivity index (χ3n) is 3.43. The summed E-state index contributed by atoms with van der Waals surface area (Å²) in [6, 6.07) is 5.01. The highest BCUT2D eigenvalue weighted by Gasteiger charge is 2.22. The van der Waals surface area contributed by atoms with Gasteiger partial charge in [-0.15, -0.1) is 0 Å². The van der Waals surface area contributed by atoms with Crippen molar-refractivity contribution in [2.45, 2.75) is 11.3 Å². The zero-order chi connectivity index (χ0) is 14.8. The van der Waals surface area contributed by atoms with Crippen molar-refractivity contribution in [2.75, 3.05) is 44.9 Å². The van der Waals surface area contributed by atoms with Gasteiger partial charge in [-0.1, -0.05) is 6.07 Å². The van der Waals surface area contributed by atoms with E-state index in [-0.39, 0.29) is 10.6 Å². The zero-order valence-electron chi connectivity index (χ0n) is 11.8. The van der Waals surface area contributed by atoms with Crippen molar-refractivity contribution in [1.82, 2.24) is 4.31 Å². The predicted molar refractivity (Wildman–Crippen MR) is 79.1 cm³/mol. The van der Waals surface area contributed by atoms with Crippen LogP contribution in [0.1, 0.15) is 6.42 Å². The molecule has 1 fully saturated rings. The topological polar surface area (TPSA) is 84.7 Å². The van der Waals surface area contributed by atoms with Crippen molar-refractivity contribution >= 4 is 21.4 Å². The Labute approximate surface area is 120 Å². The summed E-state index contributed by atoms with van der Waals surface area (Å²) in [5, 5.41) is 3.22. The number of benzene rings is 1. The summed E-state index contributed by atoms with van der Waals surface area (Å²) < 4.78 is 30.8. The van der Waals surface area contributed by atoms with Crippen molar-refractivity contribution in [1.29, 1.82) is 0 Å². The van der Waals surface area contributed by atoms with E-state index in [1.54, 1.807) is 12.1 Å². The highest BCUT2D eigenvalue weighted by atomic mass is 32.2. The van der Waals surface area contributed by atoms with Crippen LogP contribution in [-0.4, -0.2) is 46.6 Å². The molecule has 0 radical (unpaired) electrons. The number of nitrogens with one attached hydrogen (secondary N) is 1. The number of nitrogen functional groups attached to an aromatic ring is 1. The molecule has 0 bridgehead atoms. The first-order valence-corrected chi connectivity index (χ1v) is 7.99. The number of nitrogens with zero attached hydrogens (tertiary/aromatic N) is 1. The van der Waals surface area contributed by atoms with E-state index < -0.39 is 10.0 Å². The van der Waals surface area contributed by atoms with Crippen LogP contribution in [0.15, 0.2) is 23.1 Å². The zero-order valence-corrected chi connectivity index (χ0v) is 12.6. The molecule has 112 valence electrons. The molecule has 6 nitrogen and oxygen atoms in total. The molecule has 3 N–H and O–H groups in total. The van der Waals surface area contributed by atoms with Gasteiger partial charge in [-0.05, 0) is 18.6 Å². The lowest BCUT2D eigenvalue weighted by Gasteiger charge is -2.17. The van der Waals surface area contributed by atoms with E-state index in [9.17, 15) is 8.42 Å². The maximum absolute atomic E-state index is 12.2. The maximum atomic E-state index is 12.2. The number of ether oxygens (including phenoxy) is 1. The second-order valence-corrected chi connectivity index (χ2v) is 7.24. The van der Waals surface area contributed by atoms with Gasteiger partial charge < -0.3 is 15.8 Å². The number of nitrogens with two attached hydrogens (primary N) is 1. The molecule has 1 aliphatic rings. The van der Waals surface area contributed by atoms with Gasteiger partial charge in [-0.2, -0.15) is 0 Å². The number of anilines is 2. The summed E-state index contributed by atoms with van der Waals surface area (Å²) in [5.74, 6) is 0.448. The van der Waals surface area contributed by atoms with Crippen LogP contribution in [0.2, 0.25) is 0 Å². The van der Waals surface area contributed by atoms with Gasteiger partial charge in [0.25, 0.3) is 0 Å². The first kappa shape index (κ1) is 15.1. The lowest BCUT2D eigenvalue weighted by atomic mass is 10.1. The monoisotopic (exact) mass is 299 g/mol. The van der Waals surface area contributed by atoms with Gasteiger partial charge in [0.2, 0.25) is 10.0 Å². The second kappa shape index (κ2) is 5.99. The quantitative estimate of drug-likeness (QED) is 0.791. The Kier molecular flexibility index (Phi) is 4.52. The third-order valence-corrected chi connectivity index (χ3v) is 5.30. The molecule has 0 aromatic heterocycles. The Morgan fingerprint density at radius 1 is 1.45 bits per heavy atom. The average Bonchev–Trinajstić information content (AvgIpc) is 2.90. The molecule has 1 heterocycles. The van der Waals surface area contributed by atoms with Gasteiger partial charge in [0.05, 0.1) is 18.0 Å². The number of hydrogen-bond donors (Lipinski definition) is 2. The molecule has 1 aromatic carbocycles. The fraction of sp³-hybridized carbons (Fsp3) is 0.538. The first-order valence-electron chi connectivity index (χ1n) is 6.55. The Hall–Kier alpha value is -1.31. The molecule has 0 spiro atoms. The molecule has 20 heavy (non-hydrogen) atoms. The first-order chi connectivity index (χ1) is 9.43. The van der Waals surface area contributed by atoms with Crippen molar-refractivity contribution in [3.63, 3.8) is 0 Å². The summed E-state index contributed by atoms with van der Waals surface area (Å²) in [7, 11) is -0.542. The maximum Gasteiger partial charge on any atom is 0.244 e. The minimum absolute atomic E-state index is 0.134. The molecule has 2 rings (SSSR count). The Bertz CT molecular complexity index is 566. The lowest BCUT2D eigenvalue weighted by Crippen LogP contribution is -2.24. The highest BCUT2D eigenvalue weighted by molar-refractivity contribution is 7.89. The van der Waals surface area contributed by atoms with Crippen molar-refractivity contribution in [3.05, 3.63) is 18.2 Å². The Morgan fingerprint density at radius 2 is 2.20 bits per heavy atom. The minimum Gasteiger partial charge on any atom is -0.396 e. The number of para-hydroxylation sites is 1. The summed E-state index contributed by atoms with van der Waals surface area (Å²) in [6.45, 7) is 2.26. The van der Waals surface area contributed by atoms with Crippen molar-refractivity contribution < 1.29 is 13.2 Å². The normalized spacial score (nSPS) is 19.4. The number of hydrogen-bond acceptors (Lipinski definition) is 5. The van der Waals surface area contributed by atoms with Gasteiger partial charge in [0, 0.05) is 33.2 Å². The van der Waals surface area contributed by atoms with E-state index in [2.05, 4.69) is 5.32 Å². The van der Waals surface area contributed by atoms with Gasteiger partial charge in [0.1, 0.15) is 4.90 Å². The Balaban J connectivity index is 2.19. The van der Waals surface area contributed by atoms with E-state index in [0.717, 1.165) is 30.5 Å². The van der Waals surface area contributed by atoms with Crippen molar-refractivity contribution in [3.8, 4) is 0 Å². The van der Waals surface area contributed by atoms with Crippen LogP contribution in [0.5, 0.6) is 0 Å². The minimum atomic E-state index is -3.52. The van der Waals surface area contributed by atoms with E-state index in [1.807, 2.05) is 0 Å². The van der Waals surface area contributed by atoms with Crippen LogP contribution in [0.25, 0.3) is 0 Å². The van der Waals surface area contributed by atoms with Crippen LogP contribution in [0.4, 0.5) is 11.4 Å². The van der Waals surface area contributed by atoms with Gasteiger partial charge in [-0.3, -0.25) is 0 Å². The van der Waals surface area contributed by atoms with Crippen LogP contribution in [-0.2, 0) is 14.8 Å². The largest absolute Gasteiger partial charge is 0.396 e. The molecule has 0 aliphatic carbocycles. The van der Waals surface area contributed by atoms with E-state index in [1.165, 1.54) is 20.2 Å². The van der Waals surface area contributed by atoms with Gasteiger partial charge in [-0.25, -0.2) is 12.7 Å². The number of sulfonamides is 1. The molecule has 1 saturated heterocycles. The van der Waals surface area contributed by atoms with E-state index in [4.69, 9.17) is 10.5 Å². The summed E-state index contributed by atoms with van der Waals surface area (Å²) in [6.07, 6.45) is 1.02.